The van der Waals surface area contributed by atoms with Crippen molar-refractivity contribution in [3.8, 4) is 5.88 Å². The summed E-state index contributed by atoms with van der Waals surface area (Å²) in [5.41, 5.74) is 1.15. The number of hydrogen-bond donors (Lipinski definition) is 1. The second-order valence-electron chi connectivity index (χ2n) is 4.67. The van der Waals surface area contributed by atoms with Gasteiger partial charge in [-0.25, -0.2) is 4.98 Å². The minimum Gasteiger partial charge on any atom is -0.477 e. The molecule has 0 radical (unpaired) electrons. The predicted molar refractivity (Wildman–Crippen MR) is 67.0 cm³/mol. The third kappa shape index (κ3) is 4.37. The van der Waals surface area contributed by atoms with Gasteiger partial charge in [-0.3, -0.25) is 0 Å². The Morgan fingerprint density at radius 3 is 2.62 bits per heavy atom. The first-order valence-corrected chi connectivity index (χ1v) is 5.82. The van der Waals surface area contributed by atoms with E-state index in [4.69, 9.17) is 16.3 Å². The number of rotatable bonds is 4. The number of ether oxygens (including phenoxy) is 1. The summed E-state index contributed by atoms with van der Waals surface area (Å²) in [7, 11) is 0. The highest BCUT2D eigenvalue weighted by Crippen LogP contribution is 2.22. The molecule has 16 heavy (non-hydrogen) atoms. The molecule has 0 unspecified atom stereocenters. The van der Waals surface area contributed by atoms with E-state index in [-0.39, 0.29) is 5.54 Å². The van der Waals surface area contributed by atoms with Crippen molar-refractivity contribution in [3.05, 3.63) is 22.8 Å². The van der Waals surface area contributed by atoms with Crippen molar-refractivity contribution >= 4 is 11.6 Å². The molecule has 1 aromatic heterocycles. The fraction of sp³-hybridized carbons (Fsp3) is 0.583. The van der Waals surface area contributed by atoms with E-state index in [1.54, 1.807) is 6.20 Å². The minimum absolute atomic E-state index is 0.0884. The van der Waals surface area contributed by atoms with Crippen molar-refractivity contribution in [2.75, 3.05) is 6.61 Å². The maximum atomic E-state index is 6.04. The molecule has 0 aliphatic carbocycles. The summed E-state index contributed by atoms with van der Waals surface area (Å²) < 4.78 is 5.27. The van der Waals surface area contributed by atoms with Gasteiger partial charge in [0.05, 0.1) is 6.61 Å². The Hall–Kier alpha value is -0.800. The van der Waals surface area contributed by atoms with E-state index >= 15 is 0 Å². The highest BCUT2D eigenvalue weighted by molar-refractivity contribution is 6.31. The molecular formula is C12H19ClN2O. The zero-order chi connectivity index (χ0) is 12.2. The van der Waals surface area contributed by atoms with Crippen LogP contribution in [0.2, 0.25) is 5.02 Å². The second kappa shape index (κ2) is 5.51. The lowest BCUT2D eigenvalue weighted by atomic mass is 10.1. The summed E-state index contributed by atoms with van der Waals surface area (Å²) >= 11 is 6.04. The van der Waals surface area contributed by atoms with Gasteiger partial charge in [0.25, 0.3) is 0 Å². The lowest BCUT2D eigenvalue weighted by molar-refractivity contribution is 0.326. The van der Waals surface area contributed by atoms with Crippen LogP contribution in [0, 0.1) is 0 Å². The number of hydrogen-bond acceptors (Lipinski definition) is 3. The Morgan fingerprint density at radius 2 is 2.12 bits per heavy atom. The van der Waals surface area contributed by atoms with Crippen molar-refractivity contribution in [3.63, 3.8) is 0 Å². The molecule has 0 amide bonds. The molecule has 0 aromatic carbocycles. The van der Waals surface area contributed by atoms with E-state index in [0.717, 1.165) is 12.1 Å². The first-order valence-electron chi connectivity index (χ1n) is 5.44. The zero-order valence-electron chi connectivity index (χ0n) is 10.3. The van der Waals surface area contributed by atoms with Crippen LogP contribution in [0.4, 0.5) is 0 Å². The van der Waals surface area contributed by atoms with Gasteiger partial charge in [0.15, 0.2) is 0 Å². The molecule has 3 nitrogen and oxygen atoms in total. The minimum atomic E-state index is 0.0884. The molecule has 90 valence electrons. The van der Waals surface area contributed by atoms with E-state index in [1.807, 2.05) is 13.0 Å². The Morgan fingerprint density at radius 1 is 1.44 bits per heavy atom. The van der Waals surface area contributed by atoms with Gasteiger partial charge in [-0.05, 0) is 39.3 Å². The molecule has 1 rings (SSSR count). The van der Waals surface area contributed by atoms with Crippen LogP contribution in [0.25, 0.3) is 0 Å². The average molecular weight is 243 g/mol. The van der Waals surface area contributed by atoms with Gasteiger partial charge in [0.2, 0.25) is 5.88 Å². The van der Waals surface area contributed by atoms with Crippen LogP contribution < -0.4 is 10.1 Å². The van der Waals surface area contributed by atoms with Crippen molar-refractivity contribution in [1.82, 2.24) is 10.3 Å². The Kier molecular flexibility index (Phi) is 4.56. The Balaban J connectivity index is 2.66. The summed E-state index contributed by atoms with van der Waals surface area (Å²) in [6, 6.07) is 1.89. The standard InChI is InChI=1S/C12H19ClN2O/c1-5-16-11-10(13)6-9(7-14-11)8-15-12(2,3)4/h6-7,15H,5,8H2,1-4H3. The van der Waals surface area contributed by atoms with Crippen LogP contribution >= 0.6 is 11.6 Å². The number of halogens is 1. The maximum Gasteiger partial charge on any atom is 0.232 e. The number of nitrogens with zero attached hydrogens (tertiary/aromatic N) is 1. The molecule has 1 heterocycles. The molecule has 0 spiro atoms. The molecule has 0 aliphatic heterocycles. The third-order valence-corrected chi connectivity index (χ3v) is 2.24. The summed E-state index contributed by atoms with van der Waals surface area (Å²) in [4.78, 5) is 4.17. The molecule has 0 atom stereocenters. The molecule has 0 saturated carbocycles. The van der Waals surface area contributed by atoms with Crippen LogP contribution in [-0.2, 0) is 6.54 Å². The Labute approximate surface area is 102 Å². The quantitative estimate of drug-likeness (QED) is 0.881. The summed E-state index contributed by atoms with van der Waals surface area (Å²) in [5, 5.41) is 3.94. The number of nitrogens with one attached hydrogen (secondary N) is 1. The van der Waals surface area contributed by atoms with Crippen molar-refractivity contribution in [1.29, 1.82) is 0 Å². The lowest BCUT2D eigenvalue weighted by Crippen LogP contribution is -2.35. The van der Waals surface area contributed by atoms with Gasteiger partial charge >= 0.3 is 0 Å². The van der Waals surface area contributed by atoms with Gasteiger partial charge < -0.3 is 10.1 Å². The van der Waals surface area contributed by atoms with Gasteiger partial charge in [0, 0.05) is 18.3 Å². The maximum absolute atomic E-state index is 6.04. The molecule has 0 bridgehead atoms. The van der Waals surface area contributed by atoms with Crippen LogP contribution in [0.3, 0.4) is 0 Å². The van der Waals surface area contributed by atoms with Crippen molar-refractivity contribution in [2.45, 2.75) is 39.8 Å². The van der Waals surface area contributed by atoms with Gasteiger partial charge in [-0.2, -0.15) is 0 Å². The number of aromatic nitrogens is 1. The number of pyridine rings is 1. The van der Waals surface area contributed by atoms with Crippen LogP contribution in [0.1, 0.15) is 33.3 Å². The van der Waals surface area contributed by atoms with Crippen LogP contribution in [-0.4, -0.2) is 17.1 Å². The summed E-state index contributed by atoms with van der Waals surface area (Å²) in [6.45, 7) is 9.60. The second-order valence-corrected chi connectivity index (χ2v) is 5.07. The predicted octanol–water partition coefficient (Wildman–Crippen LogP) is 3.02. The van der Waals surface area contributed by atoms with Gasteiger partial charge in [-0.1, -0.05) is 11.6 Å². The molecule has 1 aromatic rings. The first kappa shape index (κ1) is 13.3. The molecule has 0 fully saturated rings. The highest BCUT2D eigenvalue weighted by atomic mass is 35.5. The molecule has 0 saturated heterocycles. The van der Waals surface area contributed by atoms with Gasteiger partial charge in [-0.15, -0.1) is 0 Å². The van der Waals surface area contributed by atoms with E-state index in [9.17, 15) is 0 Å². The summed E-state index contributed by atoms with van der Waals surface area (Å²) in [6.07, 6.45) is 1.79. The van der Waals surface area contributed by atoms with Crippen molar-refractivity contribution < 1.29 is 4.74 Å². The Bertz CT molecular complexity index is 347. The fourth-order valence-electron chi connectivity index (χ4n) is 1.17. The first-order chi connectivity index (χ1) is 7.42. The topological polar surface area (TPSA) is 34.1 Å². The normalized spacial score (nSPS) is 11.6. The SMILES string of the molecule is CCOc1ncc(CNC(C)(C)C)cc1Cl. The van der Waals surface area contributed by atoms with E-state index < -0.39 is 0 Å². The highest BCUT2D eigenvalue weighted by Gasteiger charge is 2.10. The molecule has 0 aliphatic rings. The van der Waals surface area contributed by atoms with E-state index in [1.165, 1.54) is 0 Å². The molecule has 1 N–H and O–H groups in total. The monoisotopic (exact) mass is 242 g/mol. The van der Waals surface area contributed by atoms with Crippen LogP contribution in [0.5, 0.6) is 5.88 Å². The zero-order valence-corrected chi connectivity index (χ0v) is 11.1. The average Bonchev–Trinajstić information content (AvgIpc) is 2.18. The van der Waals surface area contributed by atoms with Crippen molar-refractivity contribution in [2.24, 2.45) is 0 Å². The van der Waals surface area contributed by atoms with Crippen LogP contribution in [0.15, 0.2) is 12.3 Å². The molecular weight excluding hydrogens is 224 g/mol. The largest absolute Gasteiger partial charge is 0.477 e. The van der Waals surface area contributed by atoms with E-state index in [0.29, 0.717) is 17.5 Å². The summed E-state index contributed by atoms with van der Waals surface area (Å²) in [5.74, 6) is 0.503. The lowest BCUT2D eigenvalue weighted by Gasteiger charge is -2.20. The van der Waals surface area contributed by atoms with E-state index in [2.05, 4.69) is 31.1 Å². The third-order valence-electron chi connectivity index (χ3n) is 1.97. The van der Waals surface area contributed by atoms with Gasteiger partial charge in [0.1, 0.15) is 5.02 Å². The molecule has 4 heteroatoms. The smallest absolute Gasteiger partial charge is 0.232 e. The fourth-order valence-corrected chi connectivity index (χ4v) is 1.42.